The number of hydrogen-bond acceptors (Lipinski definition) is 2. The standard InChI is InChI=1S/C17H26N2/c1-16(2,3)12-8-14-13-7-11(13)10-19(17(4,5)6)15(14)18-9-12/h8-9,11,13H,7,10H2,1-6H3/t11-,13-/m1/s1. The summed E-state index contributed by atoms with van der Waals surface area (Å²) in [6, 6.07) is 2.42. The molecule has 1 fully saturated rings. The van der Waals surface area contributed by atoms with Crippen molar-refractivity contribution in [1.82, 2.24) is 4.98 Å². The predicted octanol–water partition coefficient (Wildman–Crippen LogP) is 4.10. The number of nitrogens with zero attached hydrogens (tertiary/aromatic N) is 2. The summed E-state index contributed by atoms with van der Waals surface area (Å²) in [7, 11) is 0. The molecule has 1 saturated carbocycles. The molecule has 2 atom stereocenters. The number of pyridine rings is 1. The van der Waals surface area contributed by atoms with Gasteiger partial charge in [-0.25, -0.2) is 4.98 Å². The third kappa shape index (κ3) is 2.15. The van der Waals surface area contributed by atoms with E-state index in [1.165, 1.54) is 29.9 Å². The second-order valence-electron chi connectivity index (χ2n) is 8.27. The Balaban J connectivity index is 2.07. The molecule has 0 amide bonds. The first kappa shape index (κ1) is 13.0. The number of aromatic nitrogens is 1. The maximum atomic E-state index is 4.84. The summed E-state index contributed by atoms with van der Waals surface area (Å²) in [6.45, 7) is 14.9. The maximum absolute atomic E-state index is 4.84. The monoisotopic (exact) mass is 258 g/mol. The van der Waals surface area contributed by atoms with E-state index in [1.807, 2.05) is 0 Å². The molecule has 0 unspecified atom stereocenters. The van der Waals surface area contributed by atoms with Gasteiger partial charge in [-0.2, -0.15) is 0 Å². The highest BCUT2D eigenvalue weighted by molar-refractivity contribution is 5.57. The van der Waals surface area contributed by atoms with Crippen molar-refractivity contribution in [2.45, 2.75) is 64.8 Å². The average Bonchev–Trinajstić information content (AvgIpc) is 3.03. The Bertz CT molecular complexity index is 505. The Kier molecular flexibility index (Phi) is 2.55. The van der Waals surface area contributed by atoms with Crippen LogP contribution in [0, 0.1) is 5.92 Å². The van der Waals surface area contributed by atoms with E-state index in [0.29, 0.717) is 0 Å². The third-order valence-electron chi connectivity index (χ3n) is 4.57. The lowest BCUT2D eigenvalue weighted by Crippen LogP contribution is -2.45. The smallest absolute Gasteiger partial charge is 0.132 e. The topological polar surface area (TPSA) is 16.1 Å². The van der Waals surface area contributed by atoms with Crippen LogP contribution in [0.1, 0.15) is 65.0 Å². The summed E-state index contributed by atoms with van der Waals surface area (Å²) in [6.07, 6.45) is 3.44. The lowest BCUT2D eigenvalue weighted by Gasteiger charge is -2.40. The highest BCUT2D eigenvalue weighted by Crippen LogP contribution is 2.55. The summed E-state index contributed by atoms with van der Waals surface area (Å²) in [5, 5.41) is 0. The van der Waals surface area contributed by atoms with Gasteiger partial charge < -0.3 is 4.90 Å². The zero-order valence-electron chi connectivity index (χ0n) is 13.1. The first-order valence-corrected chi connectivity index (χ1v) is 7.46. The number of anilines is 1. The molecule has 1 aromatic rings. The highest BCUT2D eigenvalue weighted by atomic mass is 15.3. The van der Waals surface area contributed by atoms with Crippen LogP contribution in [-0.4, -0.2) is 17.1 Å². The summed E-state index contributed by atoms with van der Waals surface area (Å²) in [4.78, 5) is 7.34. The lowest BCUT2D eigenvalue weighted by atomic mass is 9.86. The molecule has 0 N–H and O–H groups in total. The van der Waals surface area contributed by atoms with Crippen LogP contribution in [0.15, 0.2) is 12.3 Å². The van der Waals surface area contributed by atoms with E-state index < -0.39 is 0 Å². The molecule has 0 saturated heterocycles. The molecular weight excluding hydrogens is 232 g/mol. The molecule has 0 bridgehead atoms. The molecule has 1 aromatic heterocycles. The fourth-order valence-corrected chi connectivity index (χ4v) is 3.13. The molecule has 1 aliphatic carbocycles. The second kappa shape index (κ2) is 3.74. The van der Waals surface area contributed by atoms with Crippen molar-refractivity contribution in [2.24, 2.45) is 5.92 Å². The van der Waals surface area contributed by atoms with E-state index in [-0.39, 0.29) is 11.0 Å². The molecule has 2 aliphatic rings. The summed E-state index contributed by atoms with van der Waals surface area (Å²) in [5.74, 6) is 2.88. The third-order valence-corrected chi connectivity index (χ3v) is 4.57. The minimum atomic E-state index is 0.165. The van der Waals surface area contributed by atoms with Crippen molar-refractivity contribution in [1.29, 1.82) is 0 Å². The molecular formula is C17H26N2. The molecule has 2 nitrogen and oxygen atoms in total. The molecule has 2 heteroatoms. The molecule has 0 radical (unpaired) electrons. The first-order valence-electron chi connectivity index (χ1n) is 7.46. The molecule has 3 rings (SSSR count). The van der Waals surface area contributed by atoms with Crippen molar-refractivity contribution in [3.63, 3.8) is 0 Å². The second-order valence-corrected chi connectivity index (χ2v) is 8.27. The fraction of sp³-hybridized carbons (Fsp3) is 0.706. The van der Waals surface area contributed by atoms with Gasteiger partial charge in [0, 0.05) is 18.3 Å². The van der Waals surface area contributed by atoms with E-state index in [2.05, 4.69) is 58.7 Å². The number of rotatable bonds is 0. The molecule has 0 aromatic carbocycles. The van der Waals surface area contributed by atoms with Gasteiger partial charge in [-0.05, 0) is 61.6 Å². The van der Waals surface area contributed by atoms with Crippen LogP contribution in [0.2, 0.25) is 0 Å². The summed E-state index contributed by atoms with van der Waals surface area (Å²) < 4.78 is 0. The Morgan fingerprint density at radius 1 is 1.16 bits per heavy atom. The van der Waals surface area contributed by atoms with E-state index in [0.717, 1.165) is 11.8 Å². The Morgan fingerprint density at radius 2 is 1.84 bits per heavy atom. The van der Waals surface area contributed by atoms with Crippen molar-refractivity contribution in [2.75, 3.05) is 11.4 Å². The summed E-state index contributed by atoms with van der Waals surface area (Å²) in [5.41, 5.74) is 3.22. The van der Waals surface area contributed by atoms with E-state index in [4.69, 9.17) is 4.98 Å². The summed E-state index contributed by atoms with van der Waals surface area (Å²) >= 11 is 0. The van der Waals surface area contributed by atoms with Crippen LogP contribution in [0.5, 0.6) is 0 Å². The zero-order chi connectivity index (χ0) is 14.0. The number of fused-ring (bicyclic) bond motifs is 3. The maximum Gasteiger partial charge on any atom is 0.132 e. The van der Waals surface area contributed by atoms with Crippen LogP contribution in [0.4, 0.5) is 5.82 Å². The average molecular weight is 258 g/mol. The van der Waals surface area contributed by atoms with Gasteiger partial charge >= 0.3 is 0 Å². The van der Waals surface area contributed by atoms with Crippen molar-refractivity contribution in [3.8, 4) is 0 Å². The Hall–Kier alpha value is -1.05. The van der Waals surface area contributed by atoms with Gasteiger partial charge in [0.05, 0.1) is 0 Å². The quantitative estimate of drug-likeness (QED) is 0.696. The normalized spacial score (nSPS) is 25.9. The van der Waals surface area contributed by atoms with Crippen molar-refractivity contribution in [3.05, 3.63) is 23.4 Å². The van der Waals surface area contributed by atoms with E-state index in [9.17, 15) is 0 Å². The molecule has 0 spiro atoms. The van der Waals surface area contributed by atoms with Crippen LogP contribution in [-0.2, 0) is 5.41 Å². The molecule has 104 valence electrons. The van der Waals surface area contributed by atoms with Gasteiger partial charge in [-0.15, -0.1) is 0 Å². The minimum Gasteiger partial charge on any atom is -0.351 e. The Labute approximate surface area is 117 Å². The first-order chi connectivity index (χ1) is 8.68. The van der Waals surface area contributed by atoms with Gasteiger partial charge in [-0.3, -0.25) is 0 Å². The van der Waals surface area contributed by atoms with Gasteiger partial charge in [0.1, 0.15) is 5.82 Å². The van der Waals surface area contributed by atoms with Crippen molar-refractivity contribution < 1.29 is 0 Å². The van der Waals surface area contributed by atoms with Crippen LogP contribution < -0.4 is 4.90 Å². The van der Waals surface area contributed by atoms with E-state index in [1.54, 1.807) is 0 Å². The van der Waals surface area contributed by atoms with Crippen LogP contribution >= 0.6 is 0 Å². The minimum absolute atomic E-state index is 0.165. The lowest BCUT2D eigenvalue weighted by molar-refractivity contribution is 0.471. The van der Waals surface area contributed by atoms with Gasteiger partial charge in [0.2, 0.25) is 0 Å². The largest absolute Gasteiger partial charge is 0.351 e. The van der Waals surface area contributed by atoms with E-state index >= 15 is 0 Å². The number of hydrogen-bond donors (Lipinski definition) is 0. The van der Waals surface area contributed by atoms with Gasteiger partial charge in [0.15, 0.2) is 0 Å². The Morgan fingerprint density at radius 3 is 2.42 bits per heavy atom. The van der Waals surface area contributed by atoms with Crippen molar-refractivity contribution >= 4 is 5.82 Å². The van der Waals surface area contributed by atoms with Crippen LogP contribution in [0.25, 0.3) is 0 Å². The predicted molar refractivity (Wildman–Crippen MR) is 80.9 cm³/mol. The highest BCUT2D eigenvalue weighted by Gasteiger charge is 2.48. The zero-order valence-corrected chi connectivity index (χ0v) is 13.1. The van der Waals surface area contributed by atoms with Gasteiger partial charge in [-0.1, -0.05) is 20.8 Å². The molecule has 2 heterocycles. The molecule has 1 aliphatic heterocycles. The van der Waals surface area contributed by atoms with Crippen LogP contribution in [0.3, 0.4) is 0 Å². The SMILES string of the molecule is CC(C)(C)c1cnc2c(c1)[C@@H]1C[C@@H]1CN2C(C)(C)C. The van der Waals surface area contributed by atoms with Gasteiger partial charge in [0.25, 0.3) is 0 Å². The molecule has 19 heavy (non-hydrogen) atoms. The fourth-order valence-electron chi connectivity index (χ4n) is 3.13.